The first kappa shape index (κ1) is 31.0. The van der Waals surface area contributed by atoms with Gasteiger partial charge >= 0.3 is 12.1 Å². The Bertz CT molecular complexity index is 1270. The van der Waals surface area contributed by atoms with E-state index in [1.54, 1.807) is 66.1 Å². The lowest BCUT2D eigenvalue weighted by Gasteiger charge is -2.41. The quantitative estimate of drug-likeness (QED) is 0.364. The number of carbonyl (C=O) groups is 4. The lowest BCUT2D eigenvalue weighted by Crippen LogP contribution is -2.57. The van der Waals surface area contributed by atoms with E-state index in [1.165, 1.54) is 7.11 Å². The topological polar surface area (TPSA) is 114 Å². The van der Waals surface area contributed by atoms with Crippen molar-refractivity contribution in [2.75, 3.05) is 24.8 Å². The molecule has 1 aliphatic carbocycles. The number of thioether (sulfide) groups is 1. The molecule has 2 atom stereocenters. The lowest BCUT2D eigenvalue weighted by molar-refractivity contribution is -0.145. The maximum absolute atomic E-state index is 13.5. The Morgan fingerprint density at radius 1 is 1.05 bits per heavy atom. The maximum Gasteiger partial charge on any atom is 0.411 e. The molecule has 2 N–H and O–H groups in total. The van der Waals surface area contributed by atoms with Crippen LogP contribution in [0.2, 0.25) is 10.0 Å². The Hall–Kier alpha value is -2.95. The molecule has 12 heteroatoms. The van der Waals surface area contributed by atoms with Crippen molar-refractivity contribution in [2.45, 2.75) is 62.4 Å². The van der Waals surface area contributed by atoms with Crippen LogP contribution >= 0.6 is 35.0 Å². The van der Waals surface area contributed by atoms with Crippen LogP contribution in [0.1, 0.15) is 54.9 Å². The summed E-state index contributed by atoms with van der Waals surface area (Å²) in [5.74, 6) is -1.07. The summed E-state index contributed by atoms with van der Waals surface area (Å²) < 4.78 is 10.3. The van der Waals surface area contributed by atoms with Gasteiger partial charge in [-0.05, 0) is 49.6 Å². The number of anilines is 1. The molecule has 1 saturated heterocycles. The predicted molar refractivity (Wildman–Crippen MR) is 159 cm³/mol. The molecule has 41 heavy (non-hydrogen) atoms. The van der Waals surface area contributed by atoms with Gasteiger partial charge in [0.25, 0.3) is 5.91 Å². The van der Waals surface area contributed by atoms with Crippen molar-refractivity contribution >= 4 is 64.5 Å². The van der Waals surface area contributed by atoms with E-state index in [1.807, 2.05) is 0 Å². The first-order valence-electron chi connectivity index (χ1n) is 13.5. The minimum Gasteiger partial charge on any atom is -0.467 e. The summed E-state index contributed by atoms with van der Waals surface area (Å²) in [5, 5.41) is 6.04. The Kier molecular flexibility index (Phi) is 10.4. The molecule has 1 spiro atoms. The van der Waals surface area contributed by atoms with Gasteiger partial charge in [-0.3, -0.25) is 14.5 Å². The Labute approximate surface area is 253 Å². The molecule has 0 aromatic heterocycles. The first-order valence-corrected chi connectivity index (χ1v) is 15.3. The van der Waals surface area contributed by atoms with E-state index < -0.39 is 40.8 Å². The molecule has 1 saturated carbocycles. The average molecular weight is 623 g/mol. The molecule has 2 fully saturated rings. The number of methoxy groups -OCH3 is 1. The van der Waals surface area contributed by atoms with Gasteiger partial charge in [-0.25, -0.2) is 9.59 Å². The van der Waals surface area contributed by atoms with Crippen LogP contribution in [0.4, 0.5) is 10.5 Å². The van der Waals surface area contributed by atoms with Gasteiger partial charge in [-0.2, -0.15) is 0 Å². The highest BCUT2D eigenvalue weighted by Gasteiger charge is 2.53. The highest BCUT2D eigenvalue weighted by molar-refractivity contribution is 8.01. The summed E-state index contributed by atoms with van der Waals surface area (Å²) >= 11 is 13.9. The number of amides is 3. The van der Waals surface area contributed by atoms with Gasteiger partial charge in [0.05, 0.1) is 34.2 Å². The molecular formula is C29H33Cl2N3O6S. The molecule has 9 nitrogen and oxygen atoms in total. The van der Waals surface area contributed by atoms with Crippen molar-refractivity contribution in [1.82, 2.24) is 10.2 Å². The third-order valence-corrected chi connectivity index (χ3v) is 9.56. The van der Waals surface area contributed by atoms with Crippen LogP contribution in [0.15, 0.2) is 42.5 Å². The van der Waals surface area contributed by atoms with Gasteiger partial charge < -0.3 is 20.1 Å². The van der Waals surface area contributed by atoms with Crippen molar-refractivity contribution in [3.63, 3.8) is 0 Å². The van der Waals surface area contributed by atoms with E-state index in [-0.39, 0.29) is 28.6 Å². The van der Waals surface area contributed by atoms with Crippen molar-refractivity contribution in [3.8, 4) is 0 Å². The number of esters is 1. The van der Waals surface area contributed by atoms with E-state index in [9.17, 15) is 19.2 Å². The van der Waals surface area contributed by atoms with Crippen LogP contribution in [0, 0.1) is 0 Å². The number of nitrogens with zero attached hydrogens (tertiary/aromatic N) is 1. The van der Waals surface area contributed by atoms with Crippen LogP contribution in [-0.2, 0) is 25.5 Å². The molecule has 2 aromatic carbocycles. The van der Waals surface area contributed by atoms with Crippen LogP contribution in [0.3, 0.4) is 0 Å². The van der Waals surface area contributed by atoms with Crippen molar-refractivity contribution in [2.24, 2.45) is 0 Å². The maximum atomic E-state index is 13.5. The minimum absolute atomic E-state index is 0.146. The molecule has 0 bridgehead atoms. The minimum atomic E-state index is -0.980. The number of hydrogen-bond donors (Lipinski definition) is 2. The third kappa shape index (κ3) is 7.10. The molecule has 3 amide bonds. The molecule has 0 radical (unpaired) electrons. The highest BCUT2D eigenvalue weighted by atomic mass is 35.5. The Morgan fingerprint density at radius 2 is 1.71 bits per heavy atom. The molecule has 2 aromatic rings. The average Bonchev–Trinajstić information content (AvgIpc) is 3.31. The number of hydrogen-bond acceptors (Lipinski definition) is 7. The van der Waals surface area contributed by atoms with Gasteiger partial charge in [0.2, 0.25) is 5.91 Å². The number of halogens is 2. The predicted octanol–water partition coefficient (Wildman–Crippen LogP) is 5.68. The standard InChI is InChI=1S/C29H33Cl2N3O6S/c1-3-40-28(38)34-23(17-41-29(34)14-5-4-6-15-29)25(35)33-22(27(37)39-2)16-18-10-12-19(13-11-18)32-26(36)24-20(30)8-7-9-21(24)31/h7-13,22-23H,3-6,14-17H2,1-2H3,(H,32,36)(H,33,35)/t22?,23-/m1/s1. The normalized spacial score (nSPS) is 18.4. The molecule has 2 aliphatic rings. The number of nitrogens with one attached hydrogen (secondary N) is 2. The zero-order valence-electron chi connectivity index (χ0n) is 22.9. The monoisotopic (exact) mass is 621 g/mol. The zero-order chi connectivity index (χ0) is 29.6. The van der Waals surface area contributed by atoms with Crippen molar-refractivity contribution < 1.29 is 28.7 Å². The van der Waals surface area contributed by atoms with E-state index in [4.69, 9.17) is 32.7 Å². The SMILES string of the molecule is CCOC(=O)N1[C@@H](C(=O)NC(Cc2ccc(NC(=O)c3c(Cl)cccc3Cl)cc2)C(=O)OC)CSC12CCCCC2. The Balaban J connectivity index is 1.45. The second-order valence-electron chi connectivity index (χ2n) is 9.94. The van der Waals surface area contributed by atoms with Crippen LogP contribution in [0.25, 0.3) is 0 Å². The summed E-state index contributed by atoms with van der Waals surface area (Å²) in [5.41, 5.74) is 1.39. The molecular weight excluding hydrogens is 589 g/mol. The molecule has 4 rings (SSSR count). The van der Waals surface area contributed by atoms with Gasteiger partial charge in [0.15, 0.2) is 0 Å². The number of rotatable bonds is 8. The second-order valence-corrected chi connectivity index (χ2v) is 12.1. The number of benzene rings is 2. The third-order valence-electron chi connectivity index (χ3n) is 7.31. The fourth-order valence-electron chi connectivity index (χ4n) is 5.30. The molecule has 1 aliphatic heterocycles. The largest absolute Gasteiger partial charge is 0.467 e. The van der Waals surface area contributed by atoms with E-state index in [2.05, 4.69) is 10.6 Å². The van der Waals surface area contributed by atoms with Crippen LogP contribution in [-0.4, -0.2) is 65.2 Å². The van der Waals surface area contributed by atoms with E-state index in [0.717, 1.165) is 37.7 Å². The van der Waals surface area contributed by atoms with E-state index in [0.29, 0.717) is 11.4 Å². The Morgan fingerprint density at radius 3 is 2.32 bits per heavy atom. The smallest absolute Gasteiger partial charge is 0.411 e. The fraction of sp³-hybridized carbons (Fsp3) is 0.448. The van der Waals surface area contributed by atoms with Crippen LogP contribution in [0.5, 0.6) is 0 Å². The lowest BCUT2D eigenvalue weighted by atomic mass is 9.92. The first-order chi connectivity index (χ1) is 19.7. The fourth-order valence-corrected chi connectivity index (χ4v) is 7.56. The van der Waals surface area contributed by atoms with Crippen molar-refractivity contribution in [3.05, 3.63) is 63.6 Å². The van der Waals surface area contributed by atoms with Gasteiger partial charge in [0.1, 0.15) is 12.1 Å². The van der Waals surface area contributed by atoms with E-state index >= 15 is 0 Å². The summed E-state index contributed by atoms with van der Waals surface area (Å²) in [6.07, 6.45) is 4.28. The number of carbonyl (C=O) groups excluding carboxylic acids is 4. The van der Waals surface area contributed by atoms with Gasteiger partial charge in [-0.1, -0.05) is 60.7 Å². The molecule has 1 heterocycles. The molecule has 1 unspecified atom stereocenters. The molecule has 220 valence electrons. The van der Waals surface area contributed by atoms with Crippen molar-refractivity contribution in [1.29, 1.82) is 0 Å². The van der Waals surface area contributed by atoms with Gasteiger partial charge in [0, 0.05) is 17.9 Å². The van der Waals surface area contributed by atoms with Gasteiger partial charge in [-0.15, -0.1) is 11.8 Å². The summed E-state index contributed by atoms with van der Waals surface area (Å²) in [6.45, 7) is 1.94. The number of ether oxygens (including phenoxy) is 2. The summed E-state index contributed by atoms with van der Waals surface area (Å²) in [6, 6.07) is 9.90. The highest BCUT2D eigenvalue weighted by Crippen LogP contribution is 2.49. The second kappa shape index (κ2) is 13.8. The zero-order valence-corrected chi connectivity index (χ0v) is 25.2. The summed E-state index contributed by atoms with van der Waals surface area (Å²) in [7, 11) is 1.26. The summed E-state index contributed by atoms with van der Waals surface area (Å²) in [4.78, 5) is 53.0. The van der Waals surface area contributed by atoms with Crippen LogP contribution < -0.4 is 10.6 Å².